The molecule has 0 aliphatic carbocycles. The number of carbonyl (C=O) groups excluding carboxylic acids is 1. The van der Waals surface area contributed by atoms with Crippen molar-refractivity contribution in [1.82, 2.24) is 4.23 Å². The maximum Gasteiger partial charge on any atom is 0.469 e. The molecule has 0 heterocycles. The van der Waals surface area contributed by atoms with Crippen LogP contribution in [0.15, 0.2) is 0 Å². The van der Waals surface area contributed by atoms with Crippen LogP contribution in [0.4, 0.5) is 13.2 Å². The molecule has 0 unspecified atom stereocenters. The third kappa shape index (κ3) is 10.5. The lowest BCUT2D eigenvalue weighted by molar-refractivity contribution is -0.177. The highest BCUT2D eigenvalue weighted by Gasteiger charge is 2.57. The van der Waals surface area contributed by atoms with Gasteiger partial charge in [0.25, 0.3) is 0 Å². The number of amides is 1. The molecule has 0 aliphatic rings. The van der Waals surface area contributed by atoms with Crippen molar-refractivity contribution in [1.29, 1.82) is 0 Å². The molecule has 0 N–H and O–H groups in total. The predicted molar refractivity (Wildman–Crippen MR) is 143 cm³/mol. The van der Waals surface area contributed by atoms with Crippen molar-refractivity contribution in [3.8, 4) is 0 Å². The number of rotatable bonds is 20. The Kier molecular flexibility index (Phi) is 17.0. The van der Waals surface area contributed by atoms with Crippen LogP contribution in [0.25, 0.3) is 0 Å². The monoisotopic (exact) mass is 509 g/mol. The lowest BCUT2D eigenvalue weighted by atomic mass is 10.4. The first kappa shape index (κ1) is 32.7. The van der Waals surface area contributed by atoms with Gasteiger partial charge in [0.05, 0.1) is 0 Å². The van der Waals surface area contributed by atoms with Gasteiger partial charge in [-0.3, -0.25) is 4.79 Å². The zero-order valence-electron chi connectivity index (χ0n) is 22.7. The first-order chi connectivity index (χ1) is 15.6. The van der Waals surface area contributed by atoms with Crippen LogP contribution >= 0.6 is 0 Å². The second-order valence-corrected chi connectivity index (χ2v) is 19.4. The van der Waals surface area contributed by atoms with Gasteiger partial charge in [-0.2, -0.15) is 13.2 Å². The summed E-state index contributed by atoms with van der Waals surface area (Å²) in [5.74, 6) is -1.45. The van der Waals surface area contributed by atoms with Gasteiger partial charge in [0, 0.05) is 0 Å². The van der Waals surface area contributed by atoms with E-state index in [9.17, 15) is 18.0 Å². The highest BCUT2D eigenvalue weighted by atomic mass is 28.4. The molecule has 2 nitrogen and oxygen atoms in total. The molecule has 0 spiro atoms. The molecular weight excluding hydrogens is 455 g/mol. The largest absolute Gasteiger partial charge is 0.469 e. The summed E-state index contributed by atoms with van der Waals surface area (Å²) in [6, 6.07) is 5.11. The van der Waals surface area contributed by atoms with Crippen LogP contribution in [-0.4, -0.2) is 32.8 Å². The molecule has 0 fully saturated rings. The van der Waals surface area contributed by atoms with E-state index in [1.165, 1.54) is 0 Å². The van der Waals surface area contributed by atoms with Crippen LogP contribution in [0.2, 0.25) is 36.3 Å². The number of unbranched alkanes of at least 4 members (excludes halogenated alkanes) is 6. The molecule has 0 bridgehead atoms. The van der Waals surface area contributed by atoms with Crippen molar-refractivity contribution in [2.24, 2.45) is 0 Å². The summed E-state index contributed by atoms with van der Waals surface area (Å²) in [5, 5.41) is 0. The van der Waals surface area contributed by atoms with Crippen molar-refractivity contribution in [2.45, 2.75) is 161 Å². The van der Waals surface area contributed by atoms with E-state index >= 15 is 0 Å². The van der Waals surface area contributed by atoms with Crippen molar-refractivity contribution >= 4 is 22.4 Å². The number of nitrogens with zero attached hydrogens (tertiary/aromatic N) is 1. The third-order valence-electron chi connectivity index (χ3n) is 7.37. The molecule has 0 aliphatic heterocycles. The predicted octanol–water partition coefficient (Wildman–Crippen LogP) is 10.1. The van der Waals surface area contributed by atoms with E-state index in [1.54, 1.807) is 4.23 Å². The van der Waals surface area contributed by atoms with E-state index < -0.39 is 28.6 Å². The zero-order chi connectivity index (χ0) is 25.4. The van der Waals surface area contributed by atoms with Gasteiger partial charge >= 0.3 is 12.1 Å². The summed E-state index contributed by atoms with van der Waals surface area (Å²) in [6.07, 6.45) is 6.79. The lowest BCUT2D eigenvalue weighted by Crippen LogP contribution is -2.71. The van der Waals surface area contributed by atoms with Crippen LogP contribution < -0.4 is 0 Å². The van der Waals surface area contributed by atoms with Crippen molar-refractivity contribution in [2.75, 3.05) is 0 Å². The Hall–Kier alpha value is -0.306. The molecule has 1 amide bonds. The summed E-state index contributed by atoms with van der Waals surface area (Å²) in [6.45, 7) is 12.8. The Labute approximate surface area is 205 Å². The second kappa shape index (κ2) is 17.2. The van der Waals surface area contributed by atoms with Gasteiger partial charge in [0.15, 0.2) is 16.5 Å². The average Bonchev–Trinajstić information content (AvgIpc) is 2.79. The topological polar surface area (TPSA) is 20.3 Å². The summed E-state index contributed by atoms with van der Waals surface area (Å²) in [7, 11) is -5.24. The quantitative estimate of drug-likeness (QED) is 0.149. The lowest BCUT2D eigenvalue weighted by Gasteiger charge is -2.54. The van der Waals surface area contributed by atoms with Crippen molar-refractivity contribution in [3.63, 3.8) is 0 Å². The van der Waals surface area contributed by atoms with Gasteiger partial charge in [-0.1, -0.05) is 119 Å². The Morgan fingerprint density at radius 3 is 0.909 bits per heavy atom. The van der Waals surface area contributed by atoms with Gasteiger partial charge in [0.2, 0.25) is 0 Å². The molecule has 33 heavy (non-hydrogen) atoms. The van der Waals surface area contributed by atoms with Gasteiger partial charge < -0.3 is 4.23 Å². The standard InChI is InChI=1S/C26H54F3NOSi2/c1-7-13-19-32(20-14-8-2,21-15-9-3)30(25(31)26(27,28)29)33(22-16-10-4,23-17-11-5)24-18-12-6/h7-24H2,1-6H3. The average molecular weight is 510 g/mol. The summed E-state index contributed by atoms with van der Waals surface area (Å²) >= 11 is 0. The number of hydrogen-bond acceptors (Lipinski definition) is 1. The zero-order valence-corrected chi connectivity index (χ0v) is 24.7. The minimum absolute atomic E-state index is 0.852. The minimum Gasteiger partial charge on any atom is -0.387 e. The van der Waals surface area contributed by atoms with E-state index in [4.69, 9.17) is 0 Å². The van der Waals surface area contributed by atoms with E-state index in [1.807, 2.05) is 0 Å². The number of hydrogen-bond donors (Lipinski definition) is 0. The fourth-order valence-corrected chi connectivity index (χ4v) is 21.6. The van der Waals surface area contributed by atoms with Gasteiger partial charge in [-0.05, 0) is 36.3 Å². The molecule has 0 aromatic rings. The molecule has 0 aromatic heterocycles. The normalized spacial score (nSPS) is 12.9. The Bertz CT molecular complexity index is 439. The molecule has 0 rings (SSSR count). The van der Waals surface area contributed by atoms with Crippen molar-refractivity contribution < 1.29 is 18.0 Å². The van der Waals surface area contributed by atoms with E-state index in [-0.39, 0.29) is 0 Å². The van der Waals surface area contributed by atoms with Crippen LogP contribution in [0.3, 0.4) is 0 Å². The van der Waals surface area contributed by atoms with E-state index in [2.05, 4.69) is 41.5 Å². The fourth-order valence-electron chi connectivity index (χ4n) is 5.52. The number of alkyl halides is 3. The highest BCUT2D eigenvalue weighted by molar-refractivity contribution is 6.95. The van der Waals surface area contributed by atoms with Gasteiger partial charge in [-0.15, -0.1) is 0 Å². The first-order valence-corrected chi connectivity index (χ1v) is 19.2. The number of halogens is 3. The molecule has 7 heteroatoms. The highest BCUT2D eigenvalue weighted by Crippen LogP contribution is 2.44. The van der Waals surface area contributed by atoms with Crippen LogP contribution in [0.1, 0.15) is 119 Å². The minimum atomic E-state index is -4.77. The Morgan fingerprint density at radius 1 is 0.545 bits per heavy atom. The SMILES string of the molecule is CCCC[Si](CCCC)(CCCC)N(C(=O)C(F)(F)F)[Si](CCCC)(CCCC)CCCC. The van der Waals surface area contributed by atoms with Gasteiger partial charge in [0.1, 0.15) is 0 Å². The smallest absolute Gasteiger partial charge is 0.387 e. The molecule has 0 radical (unpaired) electrons. The second-order valence-electron chi connectivity index (χ2n) is 10.2. The van der Waals surface area contributed by atoms with Crippen LogP contribution in [-0.2, 0) is 4.79 Å². The first-order valence-electron chi connectivity index (χ1n) is 14.1. The molecular formula is C26H54F3NOSi2. The maximum absolute atomic E-state index is 14.3. The maximum atomic E-state index is 14.3. The molecule has 0 saturated heterocycles. The third-order valence-corrected chi connectivity index (χ3v) is 20.2. The van der Waals surface area contributed by atoms with E-state index in [0.29, 0.717) is 0 Å². The molecule has 198 valence electrons. The van der Waals surface area contributed by atoms with Crippen LogP contribution in [0.5, 0.6) is 0 Å². The van der Waals surface area contributed by atoms with E-state index in [0.717, 1.165) is 113 Å². The van der Waals surface area contributed by atoms with Crippen molar-refractivity contribution in [3.05, 3.63) is 0 Å². The number of carbonyl (C=O) groups is 1. The molecule has 0 atom stereocenters. The Morgan fingerprint density at radius 2 is 0.758 bits per heavy atom. The molecule has 0 aromatic carbocycles. The summed E-state index contributed by atoms with van der Waals surface area (Å²) in [4.78, 5) is 13.5. The summed E-state index contributed by atoms with van der Waals surface area (Å²) in [5.41, 5.74) is 0. The molecule has 0 saturated carbocycles. The Balaban J connectivity index is 7.02. The van der Waals surface area contributed by atoms with Gasteiger partial charge in [-0.25, -0.2) is 0 Å². The fraction of sp³-hybridized carbons (Fsp3) is 0.962. The summed E-state index contributed by atoms with van der Waals surface area (Å²) < 4.78 is 44.8. The van der Waals surface area contributed by atoms with Crippen LogP contribution in [0, 0.1) is 0 Å².